The molecule has 0 amide bonds. The van der Waals surface area contributed by atoms with Crippen LogP contribution in [0, 0.1) is 11.8 Å². The summed E-state index contributed by atoms with van der Waals surface area (Å²) < 4.78 is 0. The van der Waals surface area contributed by atoms with Crippen LogP contribution in [0.2, 0.25) is 0 Å². The van der Waals surface area contributed by atoms with Crippen molar-refractivity contribution in [2.45, 2.75) is 33.6 Å². The number of rotatable bonds is 1. The molecule has 1 rings (SSSR count). The number of hydrogen-bond acceptors (Lipinski definition) is 3. The van der Waals surface area contributed by atoms with E-state index in [0.717, 1.165) is 18.8 Å². The Hall–Kier alpha value is -0.570. The number of nitrogens with zero attached hydrogens (tertiary/aromatic N) is 1. The number of carboxylic acid groups (broad SMARTS) is 1. The molecule has 0 bridgehead atoms. The number of piperidine rings is 1. The minimum Gasteiger partial charge on any atom is -0.550 e. The van der Waals surface area contributed by atoms with Gasteiger partial charge in [-0.25, -0.2) is 0 Å². The average molecular weight is 200 g/mol. The van der Waals surface area contributed by atoms with E-state index in [9.17, 15) is 0 Å². The minimum atomic E-state index is -1.08. The molecule has 2 atom stereocenters. The van der Waals surface area contributed by atoms with Crippen LogP contribution in [0.3, 0.4) is 0 Å². The number of aliphatic carboxylic acids is 1. The summed E-state index contributed by atoms with van der Waals surface area (Å²) in [7, 11) is 2.23. The molecule has 3 heteroatoms. The van der Waals surface area contributed by atoms with E-state index in [0.29, 0.717) is 0 Å². The molecule has 0 aromatic heterocycles. The first-order valence-corrected chi connectivity index (χ1v) is 5.31. The summed E-state index contributed by atoms with van der Waals surface area (Å²) in [4.78, 5) is 11.3. The maximum absolute atomic E-state index is 8.89. The molecule has 1 heterocycles. The summed E-state index contributed by atoms with van der Waals surface area (Å²) in [5.74, 6) is 0.803. The van der Waals surface area contributed by atoms with Crippen molar-refractivity contribution < 1.29 is 9.90 Å². The summed E-state index contributed by atoms with van der Waals surface area (Å²) in [6, 6.07) is 0. The van der Waals surface area contributed by atoms with Crippen LogP contribution in [0.1, 0.15) is 33.6 Å². The molecule has 0 saturated carbocycles. The molecule has 0 radical (unpaired) electrons. The smallest absolute Gasteiger partial charge is 0.0383 e. The van der Waals surface area contributed by atoms with E-state index in [1.807, 2.05) is 0 Å². The second-order valence-corrected chi connectivity index (χ2v) is 4.33. The number of likely N-dealkylation sites (tertiary alicyclic amines) is 1. The Kier molecular flexibility index (Phi) is 6.54. The summed E-state index contributed by atoms with van der Waals surface area (Å²) >= 11 is 0. The Morgan fingerprint density at radius 2 is 2.00 bits per heavy atom. The van der Waals surface area contributed by atoms with Gasteiger partial charge in [0.05, 0.1) is 0 Å². The van der Waals surface area contributed by atoms with E-state index in [-0.39, 0.29) is 0 Å². The molecule has 0 N–H and O–H groups in total. The molecule has 14 heavy (non-hydrogen) atoms. The van der Waals surface area contributed by atoms with Gasteiger partial charge in [-0.3, -0.25) is 0 Å². The van der Waals surface area contributed by atoms with Crippen molar-refractivity contribution in [3.63, 3.8) is 0 Å². The lowest BCUT2D eigenvalue weighted by Crippen LogP contribution is -2.36. The minimum absolute atomic E-state index is 0.920. The van der Waals surface area contributed by atoms with Crippen LogP contribution >= 0.6 is 0 Å². The van der Waals surface area contributed by atoms with Crippen LogP contribution in [0.15, 0.2) is 0 Å². The zero-order valence-corrected chi connectivity index (χ0v) is 9.75. The van der Waals surface area contributed by atoms with Crippen LogP contribution in [-0.2, 0) is 4.79 Å². The van der Waals surface area contributed by atoms with Crippen molar-refractivity contribution >= 4 is 5.97 Å². The molecule has 0 aromatic rings. The van der Waals surface area contributed by atoms with Gasteiger partial charge in [0.2, 0.25) is 0 Å². The zero-order valence-electron chi connectivity index (χ0n) is 9.75. The monoisotopic (exact) mass is 200 g/mol. The lowest BCUT2D eigenvalue weighted by atomic mass is 9.89. The van der Waals surface area contributed by atoms with Crippen LogP contribution in [-0.4, -0.2) is 31.0 Å². The Labute approximate surface area is 87.1 Å². The van der Waals surface area contributed by atoms with E-state index in [1.54, 1.807) is 0 Å². The van der Waals surface area contributed by atoms with Gasteiger partial charge in [0.25, 0.3) is 0 Å². The van der Waals surface area contributed by atoms with Gasteiger partial charge in [0, 0.05) is 19.1 Å². The van der Waals surface area contributed by atoms with Crippen LogP contribution in [0.5, 0.6) is 0 Å². The van der Waals surface area contributed by atoms with Gasteiger partial charge < -0.3 is 14.8 Å². The van der Waals surface area contributed by atoms with Crippen molar-refractivity contribution in [2.75, 3.05) is 20.1 Å². The molecule has 0 aromatic carbocycles. The molecule has 3 nitrogen and oxygen atoms in total. The first kappa shape index (κ1) is 13.4. The van der Waals surface area contributed by atoms with Gasteiger partial charge >= 0.3 is 0 Å². The molecule has 1 saturated heterocycles. The van der Waals surface area contributed by atoms with E-state index in [4.69, 9.17) is 9.90 Å². The normalized spacial score (nSPS) is 27.7. The molecule has 1 aliphatic heterocycles. The predicted octanol–water partition coefficient (Wildman–Crippen LogP) is 0.740. The molecular weight excluding hydrogens is 178 g/mol. The van der Waals surface area contributed by atoms with Gasteiger partial charge in [-0.1, -0.05) is 20.3 Å². The third-order valence-electron chi connectivity index (χ3n) is 2.51. The summed E-state index contributed by atoms with van der Waals surface area (Å²) in [5.41, 5.74) is 0. The molecular formula is C11H22NO2-. The van der Waals surface area contributed by atoms with Crippen molar-refractivity contribution in [3.05, 3.63) is 0 Å². The van der Waals surface area contributed by atoms with Crippen molar-refractivity contribution in [1.82, 2.24) is 4.90 Å². The summed E-state index contributed by atoms with van der Waals surface area (Å²) in [5, 5.41) is 8.89. The standard InChI is InChI=1S/C9H19N.C2H4O2/c1-4-9-5-8(2)6-10(3)7-9;1-2(3)4/h8-9H,4-7H2,1-3H3;1H3,(H,3,4)/p-1. The van der Waals surface area contributed by atoms with Gasteiger partial charge in [-0.2, -0.15) is 0 Å². The highest BCUT2D eigenvalue weighted by Crippen LogP contribution is 2.22. The molecule has 0 spiro atoms. The maximum atomic E-state index is 8.89. The summed E-state index contributed by atoms with van der Waals surface area (Å²) in [6.07, 6.45) is 2.80. The van der Waals surface area contributed by atoms with E-state index in [2.05, 4.69) is 25.8 Å². The first-order valence-electron chi connectivity index (χ1n) is 5.31. The molecule has 0 aliphatic carbocycles. The number of carboxylic acids is 1. The molecule has 1 aliphatic rings. The third kappa shape index (κ3) is 6.89. The first-order chi connectivity index (χ1) is 6.45. The van der Waals surface area contributed by atoms with Crippen LogP contribution < -0.4 is 5.11 Å². The van der Waals surface area contributed by atoms with E-state index in [1.165, 1.54) is 25.9 Å². The quantitative estimate of drug-likeness (QED) is 0.627. The Morgan fingerprint density at radius 1 is 1.50 bits per heavy atom. The Bertz CT molecular complexity index is 157. The SMILES string of the molecule is CC(=O)[O-].CCC1CC(C)CN(C)C1. The lowest BCUT2D eigenvalue weighted by molar-refractivity contribution is -0.302. The summed E-state index contributed by atoms with van der Waals surface area (Å²) in [6.45, 7) is 8.26. The van der Waals surface area contributed by atoms with Crippen molar-refractivity contribution in [1.29, 1.82) is 0 Å². The fourth-order valence-corrected chi connectivity index (χ4v) is 2.06. The van der Waals surface area contributed by atoms with Crippen molar-refractivity contribution in [3.8, 4) is 0 Å². The van der Waals surface area contributed by atoms with E-state index >= 15 is 0 Å². The highest BCUT2D eigenvalue weighted by atomic mass is 16.4. The third-order valence-corrected chi connectivity index (χ3v) is 2.51. The largest absolute Gasteiger partial charge is 0.550 e. The van der Waals surface area contributed by atoms with Crippen LogP contribution in [0.25, 0.3) is 0 Å². The number of carbonyl (C=O) groups is 1. The van der Waals surface area contributed by atoms with Crippen molar-refractivity contribution in [2.24, 2.45) is 11.8 Å². The van der Waals surface area contributed by atoms with Gasteiger partial charge in [-0.15, -0.1) is 0 Å². The second-order valence-electron chi connectivity index (χ2n) is 4.33. The highest BCUT2D eigenvalue weighted by Gasteiger charge is 2.20. The lowest BCUT2D eigenvalue weighted by Gasteiger charge is -2.33. The fraction of sp³-hybridized carbons (Fsp3) is 0.909. The Morgan fingerprint density at radius 3 is 2.36 bits per heavy atom. The van der Waals surface area contributed by atoms with Gasteiger partial charge in [-0.05, 0) is 32.2 Å². The molecule has 84 valence electrons. The van der Waals surface area contributed by atoms with Crippen LogP contribution in [0.4, 0.5) is 0 Å². The second kappa shape index (κ2) is 6.82. The van der Waals surface area contributed by atoms with Gasteiger partial charge in [0.15, 0.2) is 0 Å². The predicted molar refractivity (Wildman–Crippen MR) is 55.7 cm³/mol. The fourth-order valence-electron chi connectivity index (χ4n) is 2.06. The van der Waals surface area contributed by atoms with Gasteiger partial charge in [0.1, 0.15) is 0 Å². The molecule has 1 fully saturated rings. The Balaban J connectivity index is 0.000000364. The highest BCUT2D eigenvalue weighted by molar-refractivity contribution is 5.60. The number of hydrogen-bond donors (Lipinski definition) is 0. The zero-order chi connectivity index (χ0) is 11.1. The molecule has 2 unspecified atom stereocenters. The maximum Gasteiger partial charge on any atom is 0.0383 e. The number of carbonyl (C=O) groups excluding carboxylic acids is 1. The van der Waals surface area contributed by atoms with E-state index < -0.39 is 5.97 Å². The average Bonchev–Trinajstić information content (AvgIpc) is 2.01. The topological polar surface area (TPSA) is 43.4 Å².